The van der Waals surface area contributed by atoms with Gasteiger partial charge in [-0.1, -0.05) is 31.2 Å². The van der Waals surface area contributed by atoms with Crippen molar-refractivity contribution in [2.75, 3.05) is 6.54 Å². The first-order valence-electron chi connectivity index (χ1n) is 6.32. The number of nitrogens with one attached hydrogen (secondary N) is 1. The van der Waals surface area contributed by atoms with Crippen molar-refractivity contribution >= 4 is 11.8 Å². The van der Waals surface area contributed by atoms with Gasteiger partial charge in [0, 0.05) is 5.25 Å². The monoisotopic (exact) mass is 233 g/mol. The van der Waals surface area contributed by atoms with Crippen molar-refractivity contribution in [2.24, 2.45) is 0 Å². The summed E-state index contributed by atoms with van der Waals surface area (Å²) in [5, 5.41) is 4.97. The van der Waals surface area contributed by atoms with E-state index in [1.54, 1.807) is 11.1 Å². The molecule has 1 aliphatic carbocycles. The normalized spacial score (nSPS) is 30.3. The van der Waals surface area contributed by atoms with Gasteiger partial charge in [0.2, 0.25) is 0 Å². The van der Waals surface area contributed by atoms with E-state index < -0.39 is 0 Å². The molecule has 2 unspecified atom stereocenters. The van der Waals surface area contributed by atoms with E-state index in [1.165, 1.54) is 19.3 Å². The molecular formula is C14H19NS. The van der Waals surface area contributed by atoms with Gasteiger partial charge in [0.15, 0.2) is 0 Å². The Labute approximate surface area is 102 Å². The molecule has 0 amide bonds. The summed E-state index contributed by atoms with van der Waals surface area (Å²) >= 11 is 2.09. The average Bonchev–Trinajstić information content (AvgIpc) is 3.13. The number of hydrogen-bond donors (Lipinski definition) is 1. The fourth-order valence-corrected chi connectivity index (χ4v) is 3.76. The molecule has 1 heterocycles. The van der Waals surface area contributed by atoms with Crippen LogP contribution in [0.2, 0.25) is 0 Å². The summed E-state index contributed by atoms with van der Waals surface area (Å²) in [6.07, 6.45) is 4.08. The van der Waals surface area contributed by atoms with E-state index in [9.17, 15) is 0 Å². The van der Waals surface area contributed by atoms with E-state index in [2.05, 4.69) is 48.3 Å². The minimum absolute atomic E-state index is 0.528. The lowest BCUT2D eigenvalue weighted by Crippen LogP contribution is -2.29. The van der Waals surface area contributed by atoms with Crippen LogP contribution in [0.5, 0.6) is 0 Å². The standard InChI is InChI=1S/C14H19NS/c1-10-8-9-15-14(16-10)13-5-3-2-4-12(13)11-6-7-11/h2-5,10-11,14-15H,6-9H2,1H3. The zero-order valence-electron chi connectivity index (χ0n) is 9.78. The van der Waals surface area contributed by atoms with Crippen LogP contribution in [0.15, 0.2) is 24.3 Å². The number of benzene rings is 1. The van der Waals surface area contributed by atoms with Gasteiger partial charge in [0.1, 0.15) is 0 Å². The van der Waals surface area contributed by atoms with E-state index >= 15 is 0 Å². The molecule has 1 N–H and O–H groups in total. The average molecular weight is 233 g/mol. The SMILES string of the molecule is CC1CCNC(c2ccccc2C2CC2)S1. The molecule has 0 radical (unpaired) electrons. The molecule has 86 valence electrons. The minimum Gasteiger partial charge on any atom is -0.302 e. The Balaban J connectivity index is 1.86. The first-order chi connectivity index (χ1) is 7.84. The smallest absolute Gasteiger partial charge is 0.0794 e. The summed E-state index contributed by atoms with van der Waals surface area (Å²) in [5.41, 5.74) is 3.14. The highest BCUT2D eigenvalue weighted by Crippen LogP contribution is 2.45. The van der Waals surface area contributed by atoms with Crippen LogP contribution < -0.4 is 5.32 Å². The van der Waals surface area contributed by atoms with Gasteiger partial charge in [-0.2, -0.15) is 0 Å². The second kappa shape index (κ2) is 4.42. The number of thioether (sulfide) groups is 1. The molecule has 1 aliphatic heterocycles. The van der Waals surface area contributed by atoms with Gasteiger partial charge in [-0.3, -0.25) is 0 Å². The van der Waals surface area contributed by atoms with Crippen molar-refractivity contribution in [3.8, 4) is 0 Å². The van der Waals surface area contributed by atoms with Crippen LogP contribution in [0.25, 0.3) is 0 Å². The molecule has 0 bridgehead atoms. The summed E-state index contributed by atoms with van der Waals surface area (Å²) in [6.45, 7) is 3.51. The zero-order chi connectivity index (χ0) is 11.0. The maximum absolute atomic E-state index is 3.65. The maximum Gasteiger partial charge on any atom is 0.0794 e. The summed E-state index contributed by atoms with van der Waals surface area (Å²) in [7, 11) is 0. The van der Waals surface area contributed by atoms with Crippen LogP contribution in [-0.4, -0.2) is 11.8 Å². The Kier molecular flexibility index (Phi) is 2.95. The van der Waals surface area contributed by atoms with Gasteiger partial charge in [-0.15, -0.1) is 11.8 Å². The molecule has 1 nitrogen and oxygen atoms in total. The van der Waals surface area contributed by atoms with Gasteiger partial charge in [-0.25, -0.2) is 0 Å². The van der Waals surface area contributed by atoms with Gasteiger partial charge in [0.25, 0.3) is 0 Å². The molecule has 1 saturated carbocycles. The number of rotatable bonds is 2. The van der Waals surface area contributed by atoms with Gasteiger partial charge >= 0.3 is 0 Å². The van der Waals surface area contributed by atoms with Crippen LogP contribution in [0.4, 0.5) is 0 Å². The lowest BCUT2D eigenvalue weighted by Gasteiger charge is -2.29. The Morgan fingerprint density at radius 2 is 1.88 bits per heavy atom. The Bertz CT molecular complexity index is 373. The highest BCUT2D eigenvalue weighted by atomic mass is 32.2. The van der Waals surface area contributed by atoms with Crippen LogP contribution in [0.3, 0.4) is 0 Å². The second-order valence-electron chi connectivity index (χ2n) is 4.97. The van der Waals surface area contributed by atoms with Gasteiger partial charge < -0.3 is 5.32 Å². The van der Waals surface area contributed by atoms with E-state index in [1.807, 2.05) is 0 Å². The highest BCUT2D eigenvalue weighted by Gasteiger charge is 2.29. The first-order valence-corrected chi connectivity index (χ1v) is 7.26. The molecule has 1 aromatic rings. The van der Waals surface area contributed by atoms with Crippen molar-refractivity contribution in [3.05, 3.63) is 35.4 Å². The summed E-state index contributed by atoms with van der Waals surface area (Å²) in [6, 6.07) is 9.02. The quantitative estimate of drug-likeness (QED) is 0.836. The second-order valence-corrected chi connectivity index (χ2v) is 6.52. The minimum atomic E-state index is 0.528. The molecular weight excluding hydrogens is 214 g/mol. The molecule has 2 fully saturated rings. The summed E-state index contributed by atoms with van der Waals surface area (Å²) in [5.74, 6) is 0.857. The third-order valence-electron chi connectivity index (χ3n) is 3.54. The van der Waals surface area contributed by atoms with E-state index in [-0.39, 0.29) is 0 Å². The third kappa shape index (κ3) is 2.14. The molecule has 2 atom stereocenters. The number of hydrogen-bond acceptors (Lipinski definition) is 2. The fourth-order valence-electron chi connectivity index (χ4n) is 2.47. The first kappa shape index (κ1) is 10.7. The van der Waals surface area contributed by atoms with Crippen molar-refractivity contribution < 1.29 is 0 Å². The zero-order valence-corrected chi connectivity index (χ0v) is 10.6. The predicted molar refractivity (Wildman–Crippen MR) is 70.8 cm³/mol. The highest BCUT2D eigenvalue weighted by molar-refractivity contribution is 8.00. The van der Waals surface area contributed by atoms with E-state index in [4.69, 9.17) is 0 Å². The molecule has 0 spiro atoms. The molecule has 16 heavy (non-hydrogen) atoms. The maximum atomic E-state index is 3.65. The van der Waals surface area contributed by atoms with E-state index in [0.717, 1.165) is 17.7 Å². The van der Waals surface area contributed by atoms with Crippen molar-refractivity contribution in [2.45, 2.75) is 42.7 Å². The Morgan fingerprint density at radius 1 is 1.12 bits per heavy atom. The van der Waals surface area contributed by atoms with Crippen LogP contribution >= 0.6 is 11.8 Å². The van der Waals surface area contributed by atoms with Gasteiger partial charge in [0.05, 0.1) is 5.37 Å². The van der Waals surface area contributed by atoms with Gasteiger partial charge in [-0.05, 0) is 42.9 Å². The summed E-state index contributed by atoms with van der Waals surface area (Å²) < 4.78 is 0. The molecule has 0 aromatic heterocycles. The largest absolute Gasteiger partial charge is 0.302 e. The molecule has 1 aromatic carbocycles. The van der Waals surface area contributed by atoms with Crippen molar-refractivity contribution in [1.82, 2.24) is 5.32 Å². The summed E-state index contributed by atoms with van der Waals surface area (Å²) in [4.78, 5) is 0. The topological polar surface area (TPSA) is 12.0 Å². The lowest BCUT2D eigenvalue weighted by atomic mass is 10.0. The van der Waals surface area contributed by atoms with E-state index in [0.29, 0.717) is 5.37 Å². The molecule has 1 saturated heterocycles. The Morgan fingerprint density at radius 3 is 2.56 bits per heavy atom. The van der Waals surface area contributed by atoms with Crippen LogP contribution in [0.1, 0.15) is 48.6 Å². The van der Waals surface area contributed by atoms with Crippen LogP contribution in [-0.2, 0) is 0 Å². The fraction of sp³-hybridized carbons (Fsp3) is 0.571. The Hall–Kier alpha value is -0.470. The molecule has 3 rings (SSSR count). The molecule has 2 heteroatoms. The predicted octanol–water partition coefficient (Wildman–Crippen LogP) is 3.68. The van der Waals surface area contributed by atoms with Crippen molar-refractivity contribution in [1.29, 1.82) is 0 Å². The lowest BCUT2D eigenvalue weighted by molar-refractivity contribution is 0.602. The van der Waals surface area contributed by atoms with Crippen molar-refractivity contribution in [3.63, 3.8) is 0 Å². The third-order valence-corrected chi connectivity index (χ3v) is 4.94. The van der Waals surface area contributed by atoms with Crippen LogP contribution in [0, 0.1) is 0 Å². The molecule has 2 aliphatic rings.